The second-order valence-electron chi connectivity index (χ2n) is 3.05. The molecule has 0 aliphatic heterocycles. The Bertz CT molecular complexity index is 138. The first-order valence-corrected chi connectivity index (χ1v) is 3.29. The topological polar surface area (TPSA) is 37.3 Å². The smallest absolute Gasteiger partial charge is 0.138 e. The molecule has 0 heterocycles. The largest absolute Gasteiger partial charge is 0.389 e. The molecule has 2 nitrogen and oxygen atoms in total. The van der Waals surface area contributed by atoms with Crippen LogP contribution in [0, 0.1) is 5.92 Å². The molecule has 2 atom stereocenters. The minimum absolute atomic E-state index is 0.155. The molecule has 1 fully saturated rings. The molecule has 9 heavy (non-hydrogen) atoms. The summed E-state index contributed by atoms with van der Waals surface area (Å²) in [7, 11) is 0. The van der Waals surface area contributed by atoms with Gasteiger partial charge in [0.2, 0.25) is 0 Å². The van der Waals surface area contributed by atoms with Gasteiger partial charge >= 0.3 is 0 Å². The fourth-order valence-corrected chi connectivity index (χ4v) is 1.16. The van der Waals surface area contributed by atoms with Crippen LogP contribution < -0.4 is 0 Å². The van der Waals surface area contributed by atoms with Crippen molar-refractivity contribution in [2.24, 2.45) is 5.92 Å². The van der Waals surface area contributed by atoms with Gasteiger partial charge in [-0.3, -0.25) is 4.79 Å². The Labute approximate surface area is 54.9 Å². The summed E-state index contributed by atoms with van der Waals surface area (Å²) in [6, 6.07) is 0. The van der Waals surface area contributed by atoms with Crippen LogP contribution in [0.2, 0.25) is 0 Å². The maximum absolute atomic E-state index is 10.8. The molecule has 2 heteroatoms. The summed E-state index contributed by atoms with van der Waals surface area (Å²) in [6.45, 7) is 3.51. The lowest BCUT2D eigenvalue weighted by atomic mass is 9.95. The van der Waals surface area contributed by atoms with E-state index < -0.39 is 5.60 Å². The minimum atomic E-state index is -0.725. The van der Waals surface area contributed by atoms with Crippen molar-refractivity contribution >= 4 is 5.78 Å². The van der Waals surface area contributed by atoms with Gasteiger partial charge in [-0.2, -0.15) is 0 Å². The fourth-order valence-electron chi connectivity index (χ4n) is 1.16. The van der Waals surface area contributed by atoms with E-state index in [1.54, 1.807) is 13.8 Å². The zero-order valence-electron chi connectivity index (χ0n) is 5.85. The van der Waals surface area contributed by atoms with E-state index in [9.17, 15) is 9.90 Å². The highest BCUT2D eigenvalue weighted by Gasteiger charge is 2.39. The predicted octanol–water partition coefficient (Wildman–Crippen LogP) is 0.736. The highest BCUT2D eigenvalue weighted by atomic mass is 16.3. The second kappa shape index (κ2) is 1.81. The van der Waals surface area contributed by atoms with Gasteiger partial charge in [-0.25, -0.2) is 0 Å². The number of Topliss-reactive ketones (excluding diaryl/α,β-unsaturated/α-hetero) is 1. The maximum Gasteiger partial charge on any atom is 0.138 e. The Morgan fingerprint density at radius 2 is 2.33 bits per heavy atom. The summed E-state index contributed by atoms with van der Waals surface area (Å²) in [5.74, 6) is 0.0394. The van der Waals surface area contributed by atoms with Gasteiger partial charge < -0.3 is 5.11 Å². The van der Waals surface area contributed by atoms with E-state index in [1.807, 2.05) is 0 Å². The molecule has 0 aromatic rings. The van der Waals surface area contributed by atoms with E-state index in [0.29, 0.717) is 12.8 Å². The van der Waals surface area contributed by atoms with Gasteiger partial charge in [-0.05, 0) is 13.3 Å². The van der Waals surface area contributed by atoms with E-state index in [2.05, 4.69) is 0 Å². The third kappa shape index (κ3) is 0.990. The van der Waals surface area contributed by atoms with E-state index in [4.69, 9.17) is 0 Å². The molecule has 0 bridgehead atoms. The molecule has 1 aliphatic carbocycles. The molecule has 0 spiro atoms. The van der Waals surface area contributed by atoms with Crippen molar-refractivity contribution in [2.75, 3.05) is 0 Å². The average molecular weight is 128 g/mol. The lowest BCUT2D eigenvalue weighted by Crippen LogP contribution is -2.29. The molecule has 1 aliphatic rings. The van der Waals surface area contributed by atoms with E-state index in [0.717, 1.165) is 0 Å². The van der Waals surface area contributed by atoms with Crippen molar-refractivity contribution in [3.63, 3.8) is 0 Å². The fraction of sp³-hybridized carbons (Fsp3) is 0.857. The van der Waals surface area contributed by atoms with Crippen LogP contribution in [0.3, 0.4) is 0 Å². The Morgan fingerprint density at radius 3 is 2.44 bits per heavy atom. The van der Waals surface area contributed by atoms with Gasteiger partial charge in [-0.1, -0.05) is 6.92 Å². The van der Waals surface area contributed by atoms with Gasteiger partial charge in [0, 0.05) is 12.3 Å². The monoisotopic (exact) mass is 128 g/mol. The number of ketones is 1. The molecule has 0 aromatic heterocycles. The summed E-state index contributed by atoms with van der Waals surface area (Å²) in [4.78, 5) is 10.8. The summed E-state index contributed by atoms with van der Waals surface area (Å²) >= 11 is 0. The number of hydrogen-bond acceptors (Lipinski definition) is 2. The zero-order chi connectivity index (χ0) is 7.07. The van der Waals surface area contributed by atoms with Crippen molar-refractivity contribution in [2.45, 2.75) is 32.3 Å². The minimum Gasteiger partial charge on any atom is -0.389 e. The third-order valence-corrected chi connectivity index (χ3v) is 2.29. The quantitative estimate of drug-likeness (QED) is 0.522. The van der Waals surface area contributed by atoms with Gasteiger partial charge in [0.25, 0.3) is 0 Å². The SMILES string of the molecule is C[C@@H]1C(=O)CC[C@@]1(C)O. The molecular weight excluding hydrogens is 116 g/mol. The molecule has 1 N–H and O–H groups in total. The normalized spacial score (nSPS) is 43.9. The predicted molar refractivity (Wildman–Crippen MR) is 34.0 cm³/mol. The van der Waals surface area contributed by atoms with Crippen LogP contribution in [-0.2, 0) is 4.79 Å². The van der Waals surface area contributed by atoms with Gasteiger partial charge in [-0.15, -0.1) is 0 Å². The highest BCUT2D eigenvalue weighted by molar-refractivity contribution is 5.84. The first-order chi connectivity index (χ1) is 4.04. The van der Waals surface area contributed by atoms with Crippen LogP contribution in [0.25, 0.3) is 0 Å². The van der Waals surface area contributed by atoms with Crippen molar-refractivity contribution in [1.29, 1.82) is 0 Å². The number of carbonyl (C=O) groups excluding carboxylic acids is 1. The second-order valence-corrected chi connectivity index (χ2v) is 3.05. The van der Waals surface area contributed by atoms with Crippen molar-refractivity contribution in [1.82, 2.24) is 0 Å². The number of hydrogen-bond donors (Lipinski definition) is 1. The van der Waals surface area contributed by atoms with Crippen LogP contribution in [0.1, 0.15) is 26.7 Å². The Morgan fingerprint density at radius 1 is 1.78 bits per heavy atom. The van der Waals surface area contributed by atoms with Crippen molar-refractivity contribution in [3.05, 3.63) is 0 Å². The van der Waals surface area contributed by atoms with E-state index >= 15 is 0 Å². The zero-order valence-corrected chi connectivity index (χ0v) is 5.85. The van der Waals surface area contributed by atoms with Crippen LogP contribution in [0.4, 0.5) is 0 Å². The van der Waals surface area contributed by atoms with Crippen LogP contribution in [-0.4, -0.2) is 16.5 Å². The molecular formula is C7H12O2. The summed E-state index contributed by atoms with van der Waals surface area (Å²) in [6.07, 6.45) is 1.18. The Kier molecular flexibility index (Phi) is 1.35. The van der Waals surface area contributed by atoms with Crippen LogP contribution in [0.5, 0.6) is 0 Å². The first kappa shape index (κ1) is 6.75. The highest BCUT2D eigenvalue weighted by Crippen LogP contribution is 2.31. The maximum atomic E-state index is 10.8. The van der Waals surface area contributed by atoms with E-state index in [-0.39, 0.29) is 11.7 Å². The van der Waals surface area contributed by atoms with Gasteiger partial charge in [0.1, 0.15) is 5.78 Å². The molecule has 1 rings (SSSR count). The van der Waals surface area contributed by atoms with Gasteiger partial charge in [0.15, 0.2) is 0 Å². The number of rotatable bonds is 0. The molecule has 0 unspecified atom stereocenters. The molecule has 0 saturated heterocycles. The molecule has 0 amide bonds. The lowest BCUT2D eigenvalue weighted by molar-refractivity contribution is -0.123. The average Bonchev–Trinajstić information content (AvgIpc) is 1.97. The summed E-state index contributed by atoms with van der Waals surface area (Å²) in [5.41, 5.74) is -0.725. The third-order valence-electron chi connectivity index (χ3n) is 2.29. The van der Waals surface area contributed by atoms with Crippen LogP contribution >= 0.6 is 0 Å². The molecule has 0 radical (unpaired) electrons. The molecule has 1 saturated carbocycles. The lowest BCUT2D eigenvalue weighted by Gasteiger charge is -2.19. The number of aliphatic hydroxyl groups is 1. The van der Waals surface area contributed by atoms with Crippen molar-refractivity contribution in [3.8, 4) is 0 Å². The first-order valence-electron chi connectivity index (χ1n) is 3.29. The summed E-state index contributed by atoms with van der Waals surface area (Å²) in [5, 5.41) is 9.41. The van der Waals surface area contributed by atoms with Crippen molar-refractivity contribution < 1.29 is 9.90 Å². The summed E-state index contributed by atoms with van der Waals surface area (Å²) < 4.78 is 0. The molecule has 52 valence electrons. The standard InChI is InChI=1S/C7H12O2/c1-5-6(8)3-4-7(5,2)9/h5,9H,3-4H2,1-2H3/t5-,7-/m1/s1. The Balaban J connectivity index is 2.73. The molecule has 0 aromatic carbocycles. The van der Waals surface area contributed by atoms with Gasteiger partial charge in [0.05, 0.1) is 5.60 Å². The van der Waals surface area contributed by atoms with E-state index in [1.165, 1.54) is 0 Å². The van der Waals surface area contributed by atoms with Crippen LogP contribution in [0.15, 0.2) is 0 Å². The Hall–Kier alpha value is -0.370. The number of carbonyl (C=O) groups is 1.